The van der Waals surface area contributed by atoms with Gasteiger partial charge in [0, 0.05) is 18.8 Å². The number of hydrogen-bond acceptors (Lipinski definition) is 4. The van der Waals surface area contributed by atoms with Gasteiger partial charge in [0.15, 0.2) is 0 Å². The predicted octanol–water partition coefficient (Wildman–Crippen LogP) is 2.61. The molecule has 0 radical (unpaired) electrons. The second-order valence-electron chi connectivity index (χ2n) is 6.77. The Labute approximate surface area is 144 Å². The fourth-order valence-electron chi connectivity index (χ4n) is 2.05. The van der Waals surface area contributed by atoms with E-state index in [0.29, 0.717) is 6.54 Å². The molecule has 1 aromatic carbocycles. The zero-order valence-corrected chi connectivity index (χ0v) is 15.4. The first-order chi connectivity index (χ1) is 11.1. The summed E-state index contributed by atoms with van der Waals surface area (Å²) in [5.74, 6) is -0.843. The van der Waals surface area contributed by atoms with E-state index >= 15 is 0 Å². The van der Waals surface area contributed by atoms with Gasteiger partial charge in [-0.05, 0) is 51.3 Å². The number of hydrogen-bond donors (Lipinski definition) is 3. The zero-order chi connectivity index (χ0) is 18.2. The molecule has 7 heteroatoms. The largest absolute Gasteiger partial charge is 0.481 e. The number of benzene rings is 1. The number of nitrogens with one attached hydrogen (secondary N) is 2. The summed E-state index contributed by atoms with van der Waals surface area (Å²) in [6.45, 7) is 6.25. The summed E-state index contributed by atoms with van der Waals surface area (Å²) >= 11 is 0. The van der Waals surface area contributed by atoms with E-state index < -0.39 is 20.7 Å². The van der Waals surface area contributed by atoms with Crippen LogP contribution in [0.2, 0.25) is 0 Å². The molecule has 0 aliphatic carbocycles. The van der Waals surface area contributed by atoms with Crippen molar-refractivity contribution in [3.8, 4) is 0 Å². The van der Waals surface area contributed by atoms with Gasteiger partial charge < -0.3 is 10.4 Å². The van der Waals surface area contributed by atoms with Gasteiger partial charge in [-0.1, -0.05) is 18.6 Å². The van der Waals surface area contributed by atoms with Crippen LogP contribution in [0, 0.1) is 0 Å². The third kappa shape index (κ3) is 7.31. The van der Waals surface area contributed by atoms with E-state index in [1.165, 1.54) is 0 Å². The summed E-state index contributed by atoms with van der Waals surface area (Å²) in [5, 5.41) is 12.1. The second-order valence-corrected chi connectivity index (χ2v) is 9.29. The van der Waals surface area contributed by atoms with E-state index in [1.54, 1.807) is 26.8 Å². The van der Waals surface area contributed by atoms with Crippen molar-refractivity contribution in [2.45, 2.75) is 51.2 Å². The molecular weight excluding hydrogens is 328 g/mol. The van der Waals surface area contributed by atoms with Gasteiger partial charge in [-0.2, -0.15) is 0 Å². The molecule has 0 heterocycles. The van der Waals surface area contributed by atoms with Gasteiger partial charge in [0.2, 0.25) is 10.0 Å². The molecule has 0 spiro atoms. The van der Waals surface area contributed by atoms with Gasteiger partial charge in [0.1, 0.15) is 0 Å². The molecule has 0 atom stereocenters. The molecule has 1 aromatic rings. The molecule has 24 heavy (non-hydrogen) atoms. The molecule has 136 valence electrons. The summed E-state index contributed by atoms with van der Waals surface area (Å²) in [7, 11) is -3.26. The molecule has 0 aliphatic rings. The Morgan fingerprint density at radius 1 is 1.12 bits per heavy atom. The van der Waals surface area contributed by atoms with E-state index in [4.69, 9.17) is 5.11 Å². The Balaban J connectivity index is 2.22. The van der Waals surface area contributed by atoms with Crippen LogP contribution in [-0.4, -0.2) is 37.3 Å². The van der Waals surface area contributed by atoms with Gasteiger partial charge in [0.25, 0.3) is 0 Å². The normalized spacial score (nSPS) is 12.1. The van der Waals surface area contributed by atoms with Crippen LogP contribution in [0.15, 0.2) is 24.3 Å². The van der Waals surface area contributed by atoms with Crippen LogP contribution in [0.1, 0.15) is 45.6 Å². The van der Waals surface area contributed by atoms with E-state index in [-0.39, 0.29) is 6.42 Å². The molecule has 0 aliphatic heterocycles. The number of sulfonamides is 1. The molecule has 0 fully saturated rings. The maximum absolute atomic E-state index is 11.9. The van der Waals surface area contributed by atoms with Gasteiger partial charge in [0.05, 0.1) is 11.2 Å². The van der Waals surface area contributed by atoms with Crippen LogP contribution >= 0.6 is 0 Å². The summed E-state index contributed by atoms with van der Waals surface area (Å²) in [6.07, 6.45) is 2.63. The number of aliphatic carboxylic acids is 1. The molecule has 6 nitrogen and oxygen atoms in total. The van der Waals surface area contributed by atoms with Crippen LogP contribution in [0.3, 0.4) is 0 Å². The van der Waals surface area contributed by atoms with Crippen LogP contribution in [0.5, 0.6) is 0 Å². The smallest absolute Gasteiger partial charge is 0.307 e. The number of carboxylic acids is 1. The first kappa shape index (κ1) is 20.4. The number of carboxylic acid groups (broad SMARTS) is 1. The fourth-order valence-corrected chi connectivity index (χ4v) is 2.89. The van der Waals surface area contributed by atoms with E-state index in [2.05, 4.69) is 10.0 Å². The Bertz CT molecular complexity index is 636. The summed E-state index contributed by atoms with van der Waals surface area (Å²) < 4.78 is 25.6. The average Bonchev–Trinajstić information content (AvgIpc) is 2.44. The highest BCUT2D eigenvalue weighted by molar-refractivity contribution is 7.90. The van der Waals surface area contributed by atoms with Crippen LogP contribution in [0.4, 0.5) is 5.69 Å². The lowest BCUT2D eigenvalue weighted by Gasteiger charge is -2.19. The third-order valence-corrected chi connectivity index (χ3v) is 5.76. The van der Waals surface area contributed by atoms with Gasteiger partial charge in [-0.3, -0.25) is 4.79 Å². The third-order valence-electron chi connectivity index (χ3n) is 3.56. The van der Waals surface area contributed by atoms with Crippen molar-refractivity contribution in [3.63, 3.8) is 0 Å². The SMILES string of the molecule is CC(C)(C)S(=O)(=O)NCCCCCNc1cccc(CC(=O)O)c1. The summed E-state index contributed by atoms with van der Waals surface area (Å²) in [4.78, 5) is 10.7. The summed E-state index contributed by atoms with van der Waals surface area (Å²) in [5.41, 5.74) is 1.67. The minimum atomic E-state index is -3.26. The molecule has 0 saturated carbocycles. The number of carbonyl (C=O) groups is 1. The highest BCUT2D eigenvalue weighted by Crippen LogP contribution is 2.13. The lowest BCUT2D eigenvalue weighted by molar-refractivity contribution is -0.136. The molecule has 0 aromatic heterocycles. The standard InChI is InChI=1S/C17H28N2O4S/c1-17(2,3)24(22,23)19-11-6-4-5-10-18-15-9-7-8-14(12-15)13-16(20)21/h7-9,12,18-19H,4-6,10-11,13H2,1-3H3,(H,20,21). The van der Waals surface area contributed by atoms with Crippen molar-refractivity contribution >= 4 is 21.7 Å². The Hall–Kier alpha value is -1.60. The molecular formula is C17H28N2O4S. The maximum atomic E-state index is 11.9. The lowest BCUT2D eigenvalue weighted by atomic mass is 10.1. The number of rotatable bonds is 10. The fraction of sp³-hybridized carbons (Fsp3) is 0.588. The Morgan fingerprint density at radius 3 is 2.42 bits per heavy atom. The second kappa shape index (κ2) is 9.03. The van der Waals surface area contributed by atoms with E-state index in [9.17, 15) is 13.2 Å². The van der Waals surface area contributed by atoms with Crippen molar-refractivity contribution in [2.75, 3.05) is 18.4 Å². The van der Waals surface area contributed by atoms with Crippen molar-refractivity contribution in [1.82, 2.24) is 4.72 Å². The van der Waals surface area contributed by atoms with Crippen LogP contribution in [-0.2, 0) is 21.2 Å². The minimum Gasteiger partial charge on any atom is -0.481 e. The molecule has 0 amide bonds. The van der Waals surface area contributed by atoms with Gasteiger partial charge in [-0.25, -0.2) is 13.1 Å². The number of anilines is 1. The maximum Gasteiger partial charge on any atom is 0.307 e. The molecule has 3 N–H and O–H groups in total. The van der Waals surface area contributed by atoms with Crippen molar-refractivity contribution in [2.24, 2.45) is 0 Å². The molecule has 0 unspecified atom stereocenters. The molecule has 1 rings (SSSR count). The number of unbranched alkanes of at least 4 members (excludes halogenated alkanes) is 2. The average molecular weight is 356 g/mol. The van der Waals surface area contributed by atoms with Crippen LogP contribution < -0.4 is 10.0 Å². The topological polar surface area (TPSA) is 95.5 Å². The van der Waals surface area contributed by atoms with Crippen LogP contribution in [0.25, 0.3) is 0 Å². The Kier molecular flexibility index (Phi) is 7.69. The van der Waals surface area contributed by atoms with Gasteiger partial charge in [-0.15, -0.1) is 0 Å². The Morgan fingerprint density at radius 2 is 1.79 bits per heavy atom. The monoisotopic (exact) mass is 356 g/mol. The van der Waals surface area contributed by atoms with Gasteiger partial charge >= 0.3 is 5.97 Å². The lowest BCUT2D eigenvalue weighted by Crippen LogP contribution is -2.39. The zero-order valence-electron chi connectivity index (χ0n) is 14.6. The van der Waals surface area contributed by atoms with Crippen molar-refractivity contribution < 1.29 is 18.3 Å². The molecule has 0 bridgehead atoms. The quantitative estimate of drug-likeness (QED) is 0.560. The van der Waals surface area contributed by atoms with E-state index in [0.717, 1.165) is 37.1 Å². The first-order valence-electron chi connectivity index (χ1n) is 8.15. The van der Waals surface area contributed by atoms with Crippen molar-refractivity contribution in [1.29, 1.82) is 0 Å². The minimum absolute atomic E-state index is 0.0173. The van der Waals surface area contributed by atoms with Crippen molar-refractivity contribution in [3.05, 3.63) is 29.8 Å². The summed E-state index contributed by atoms with van der Waals surface area (Å²) in [6, 6.07) is 7.37. The predicted molar refractivity (Wildman–Crippen MR) is 96.8 cm³/mol. The highest BCUT2D eigenvalue weighted by Gasteiger charge is 2.27. The highest BCUT2D eigenvalue weighted by atomic mass is 32.2. The molecule has 0 saturated heterocycles. The van der Waals surface area contributed by atoms with E-state index in [1.807, 2.05) is 18.2 Å². The first-order valence-corrected chi connectivity index (χ1v) is 9.64.